The summed E-state index contributed by atoms with van der Waals surface area (Å²) < 4.78 is 11.1. The lowest BCUT2D eigenvalue weighted by Crippen LogP contribution is -2.56. The smallest absolute Gasteiger partial charge is 0.320 e. The quantitative estimate of drug-likeness (QED) is 0.430. The Labute approximate surface area is 199 Å². The Morgan fingerprint density at radius 3 is 1.53 bits per heavy atom. The Morgan fingerprint density at radius 1 is 0.676 bits per heavy atom. The van der Waals surface area contributed by atoms with E-state index in [4.69, 9.17) is 9.47 Å². The lowest BCUT2D eigenvalue weighted by molar-refractivity contribution is -0.170. The maximum absolute atomic E-state index is 14.7. The first-order valence-electron chi connectivity index (χ1n) is 11.9. The predicted molar refractivity (Wildman–Crippen MR) is 128 cm³/mol. The van der Waals surface area contributed by atoms with Gasteiger partial charge in [0.25, 0.3) is 0 Å². The van der Waals surface area contributed by atoms with E-state index < -0.39 is 22.8 Å². The fourth-order valence-electron chi connectivity index (χ4n) is 5.92. The van der Waals surface area contributed by atoms with E-state index in [1.165, 1.54) is 0 Å². The van der Waals surface area contributed by atoms with Gasteiger partial charge < -0.3 is 9.47 Å². The van der Waals surface area contributed by atoms with Gasteiger partial charge in [0.1, 0.15) is 10.8 Å². The fraction of sp³-hybridized carbons (Fsp3) is 0.345. The third-order valence-corrected chi connectivity index (χ3v) is 7.37. The van der Waals surface area contributed by atoms with Crippen LogP contribution in [-0.2, 0) is 49.5 Å². The molecular weight excluding hydrogens is 428 g/mol. The molecule has 0 aromatic heterocycles. The molecule has 3 aromatic rings. The minimum atomic E-state index is -1.52. The van der Waals surface area contributed by atoms with E-state index in [-0.39, 0.29) is 44.7 Å². The largest absolute Gasteiger partial charge is 0.465 e. The number of hydrogen-bond acceptors (Lipinski definition) is 5. The highest BCUT2D eigenvalue weighted by Crippen LogP contribution is 2.49. The molecule has 2 aliphatic carbocycles. The molecule has 0 N–H and O–H groups in total. The first-order valence-corrected chi connectivity index (χ1v) is 11.9. The molecule has 174 valence electrons. The molecule has 5 heteroatoms. The molecule has 0 saturated carbocycles. The first-order chi connectivity index (χ1) is 16.4. The summed E-state index contributed by atoms with van der Waals surface area (Å²) in [6.07, 6.45) is 0.740. The van der Waals surface area contributed by atoms with Crippen LogP contribution in [-0.4, -0.2) is 30.9 Å². The van der Waals surface area contributed by atoms with Crippen LogP contribution in [0.3, 0.4) is 0 Å². The molecule has 0 radical (unpaired) electrons. The highest BCUT2D eigenvalue weighted by atomic mass is 16.5. The van der Waals surface area contributed by atoms with Crippen molar-refractivity contribution < 1.29 is 23.9 Å². The van der Waals surface area contributed by atoms with Crippen LogP contribution in [0.4, 0.5) is 0 Å². The van der Waals surface area contributed by atoms with E-state index in [1.54, 1.807) is 13.8 Å². The van der Waals surface area contributed by atoms with Gasteiger partial charge in [-0.1, -0.05) is 60.7 Å². The summed E-state index contributed by atoms with van der Waals surface area (Å²) >= 11 is 0. The molecule has 2 atom stereocenters. The zero-order valence-electron chi connectivity index (χ0n) is 19.6. The van der Waals surface area contributed by atoms with Gasteiger partial charge in [-0.05, 0) is 72.6 Å². The molecule has 5 rings (SSSR count). The summed E-state index contributed by atoms with van der Waals surface area (Å²) in [4.78, 5) is 42.1. The summed E-state index contributed by atoms with van der Waals surface area (Å²) in [5.41, 5.74) is 0.605. The molecule has 0 spiro atoms. The molecule has 2 bridgehead atoms. The van der Waals surface area contributed by atoms with Crippen LogP contribution in [0.25, 0.3) is 10.8 Å². The molecule has 0 amide bonds. The molecule has 3 aromatic carbocycles. The summed E-state index contributed by atoms with van der Waals surface area (Å²) in [5.74, 6) is -1.52. The lowest BCUT2D eigenvalue weighted by Gasteiger charge is -2.39. The van der Waals surface area contributed by atoms with Crippen LogP contribution in [0.5, 0.6) is 0 Å². The Kier molecular flexibility index (Phi) is 5.51. The van der Waals surface area contributed by atoms with Crippen LogP contribution < -0.4 is 0 Å². The molecule has 34 heavy (non-hydrogen) atoms. The highest BCUT2D eigenvalue weighted by Gasteiger charge is 2.62. The Hall–Kier alpha value is -3.47. The van der Waals surface area contributed by atoms with Crippen molar-refractivity contribution in [1.82, 2.24) is 0 Å². The predicted octanol–water partition coefficient (Wildman–Crippen LogP) is 4.41. The fourth-order valence-corrected chi connectivity index (χ4v) is 5.92. The SMILES string of the molecule is CCOC(=O)C12Cc3ccccc3CC(C(=O)OCC)(Cc3cccc4cccc(c34)C1)C2=O. The minimum absolute atomic E-state index is 0.155. The standard InChI is InChI=1S/C29H28O5/c1-3-33-26(31)28-15-20-9-5-6-10-21(20)16-29(25(28)30,27(32)34-4-2)18-23-14-8-12-19-11-7-13-22(17-28)24(19)23/h5-14H,3-4,15-18H2,1-2H3. The number of carbonyl (C=O) groups excluding carboxylic acids is 3. The minimum Gasteiger partial charge on any atom is -0.465 e. The van der Waals surface area contributed by atoms with Crippen LogP contribution in [0.15, 0.2) is 60.7 Å². The van der Waals surface area contributed by atoms with E-state index in [0.29, 0.717) is 0 Å². The highest BCUT2D eigenvalue weighted by molar-refractivity contribution is 6.16. The van der Waals surface area contributed by atoms with Crippen molar-refractivity contribution >= 4 is 28.5 Å². The number of ether oxygens (including phenoxy) is 2. The van der Waals surface area contributed by atoms with E-state index in [1.807, 2.05) is 60.7 Å². The molecule has 2 unspecified atom stereocenters. The molecule has 0 aliphatic heterocycles. The van der Waals surface area contributed by atoms with Crippen LogP contribution in [0.2, 0.25) is 0 Å². The number of benzene rings is 3. The van der Waals surface area contributed by atoms with E-state index in [2.05, 4.69) is 0 Å². The number of hydrogen-bond donors (Lipinski definition) is 0. The molecular formula is C29H28O5. The van der Waals surface area contributed by atoms with Gasteiger partial charge in [-0.2, -0.15) is 0 Å². The second-order valence-corrected chi connectivity index (χ2v) is 9.34. The topological polar surface area (TPSA) is 69.7 Å². The van der Waals surface area contributed by atoms with Gasteiger partial charge in [0.2, 0.25) is 0 Å². The van der Waals surface area contributed by atoms with E-state index in [9.17, 15) is 14.4 Å². The second kappa shape index (κ2) is 8.39. The number of esters is 2. The zero-order chi connectivity index (χ0) is 23.9. The van der Waals surface area contributed by atoms with Gasteiger partial charge in [-0.25, -0.2) is 0 Å². The normalized spacial score (nSPS) is 23.3. The average molecular weight is 457 g/mol. The molecule has 0 heterocycles. The van der Waals surface area contributed by atoms with E-state index >= 15 is 0 Å². The maximum atomic E-state index is 14.7. The van der Waals surface area contributed by atoms with Gasteiger partial charge in [-0.3, -0.25) is 14.4 Å². The lowest BCUT2D eigenvalue weighted by atomic mass is 9.61. The maximum Gasteiger partial charge on any atom is 0.320 e. The zero-order valence-corrected chi connectivity index (χ0v) is 19.6. The van der Waals surface area contributed by atoms with E-state index in [0.717, 1.165) is 33.0 Å². The second-order valence-electron chi connectivity index (χ2n) is 9.34. The number of fused-ring (bicyclic) bond motifs is 3. The number of carbonyl (C=O) groups is 3. The summed E-state index contributed by atoms with van der Waals surface area (Å²) in [6, 6.07) is 19.6. The van der Waals surface area contributed by atoms with Crippen molar-refractivity contribution in [3.63, 3.8) is 0 Å². The van der Waals surface area contributed by atoms with Crippen LogP contribution in [0.1, 0.15) is 36.1 Å². The summed E-state index contributed by atoms with van der Waals surface area (Å²) in [6.45, 7) is 3.79. The number of Topliss-reactive ketones (excluding diaryl/α,β-unsaturated/α-hetero) is 1. The molecule has 0 fully saturated rings. The summed E-state index contributed by atoms with van der Waals surface area (Å²) in [7, 11) is 0. The first kappa shape index (κ1) is 22.3. The average Bonchev–Trinajstić information content (AvgIpc) is 2.94. The van der Waals surface area contributed by atoms with Gasteiger partial charge >= 0.3 is 11.9 Å². The summed E-state index contributed by atoms with van der Waals surface area (Å²) in [5, 5.41) is 2.03. The van der Waals surface area contributed by atoms with Crippen molar-refractivity contribution in [1.29, 1.82) is 0 Å². The van der Waals surface area contributed by atoms with Crippen molar-refractivity contribution in [3.8, 4) is 0 Å². The third kappa shape index (κ3) is 3.25. The van der Waals surface area contributed by atoms with Gasteiger partial charge in [0, 0.05) is 0 Å². The molecule has 5 nitrogen and oxygen atoms in total. The molecule has 0 saturated heterocycles. The van der Waals surface area contributed by atoms with Crippen molar-refractivity contribution in [2.24, 2.45) is 10.8 Å². The third-order valence-electron chi connectivity index (χ3n) is 7.37. The van der Waals surface area contributed by atoms with Crippen LogP contribution in [0, 0.1) is 10.8 Å². The van der Waals surface area contributed by atoms with Gasteiger partial charge in [-0.15, -0.1) is 0 Å². The number of ketones is 1. The van der Waals surface area contributed by atoms with Gasteiger partial charge in [0.15, 0.2) is 5.78 Å². The van der Waals surface area contributed by atoms with Crippen molar-refractivity contribution in [2.45, 2.75) is 39.5 Å². The van der Waals surface area contributed by atoms with Crippen LogP contribution >= 0.6 is 0 Å². The van der Waals surface area contributed by atoms with Gasteiger partial charge in [0.05, 0.1) is 13.2 Å². The number of rotatable bonds is 4. The van der Waals surface area contributed by atoms with Crippen molar-refractivity contribution in [3.05, 3.63) is 82.9 Å². The Morgan fingerprint density at radius 2 is 1.09 bits per heavy atom. The Bertz CT molecular complexity index is 1220. The van der Waals surface area contributed by atoms with Crippen molar-refractivity contribution in [2.75, 3.05) is 13.2 Å². The molecule has 2 aliphatic rings. The Balaban J connectivity index is 1.88. The monoisotopic (exact) mass is 456 g/mol.